The van der Waals surface area contributed by atoms with Crippen LogP contribution in [0.15, 0.2) is 24.3 Å². The highest BCUT2D eigenvalue weighted by atomic mass is 35.5. The molecule has 1 rings (SSSR count). The fourth-order valence-corrected chi connectivity index (χ4v) is 1.79. The Kier molecular flexibility index (Phi) is 7.25. The summed E-state index contributed by atoms with van der Waals surface area (Å²) < 4.78 is 4.87. The fourth-order valence-electron chi connectivity index (χ4n) is 1.53. The standard InChI is InChI=1S/C13H19ClN2O3/c1-19-8-4-7-15-13(18)16-9-12(17)10-5-2-3-6-11(10)14/h2-3,5-6,12,17H,4,7-9H2,1H3,(H2,15,16,18). The molecule has 0 heterocycles. The number of methoxy groups -OCH3 is 1. The Bertz CT molecular complexity index is 401. The van der Waals surface area contributed by atoms with Gasteiger partial charge in [0.2, 0.25) is 0 Å². The van der Waals surface area contributed by atoms with Crippen LogP contribution in [-0.2, 0) is 4.74 Å². The van der Waals surface area contributed by atoms with Crippen molar-refractivity contribution in [2.45, 2.75) is 12.5 Å². The van der Waals surface area contributed by atoms with Gasteiger partial charge in [-0.1, -0.05) is 29.8 Å². The quantitative estimate of drug-likeness (QED) is 0.668. The molecule has 106 valence electrons. The second-order valence-corrected chi connectivity index (χ2v) is 4.43. The van der Waals surface area contributed by atoms with E-state index in [9.17, 15) is 9.90 Å². The molecule has 0 saturated carbocycles. The number of carbonyl (C=O) groups is 1. The molecule has 5 nitrogen and oxygen atoms in total. The van der Waals surface area contributed by atoms with Crippen LogP contribution in [0.4, 0.5) is 4.79 Å². The number of ether oxygens (including phenoxy) is 1. The SMILES string of the molecule is COCCCNC(=O)NCC(O)c1ccccc1Cl. The molecular weight excluding hydrogens is 268 g/mol. The lowest BCUT2D eigenvalue weighted by molar-refractivity contribution is 0.172. The first-order valence-corrected chi connectivity index (χ1v) is 6.46. The van der Waals surface area contributed by atoms with Crippen molar-refractivity contribution in [2.75, 3.05) is 26.8 Å². The molecule has 3 N–H and O–H groups in total. The maximum Gasteiger partial charge on any atom is 0.314 e. The average molecular weight is 287 g/mol. The molecule has 0 radical (unpaired) electrons. The zero-order valence-corrected chi connectivity index (χ0v) is 11.6. The lowest BCUT2D eigenvalue weighted by Crippen LogP contribution is -2.38. The topological polar surface area (TPSA) is 70.6 Å². The molecule has 0 aliphatic rings. The van der Waals surface area contributed by atoms with Gasteiger partial charge in [0.25, 0.3) is 0 Å². The minimum atomic E-state index is -0.821. The molecule has 2 amide bonds. The van der Waals surface area contributed by atoms with Crippen LogP contribution in [0.3, 0.4) is 0 Å². The van der Waals surface area contributed by atoms with E-state index in [1.807, 2.05) is 0 Å². The third-order valence-electron chi connectivity index (χ3n) is 2.53. The number of rotatable bonds is 7. The molecule has 1 aromatic carbocycles. The molecule has 1 atom stereocenters. The number of urea groups is 1. The van der Waals surface area contributed by atoms with Gasteiger partial charge in [-0.15, -0.1) is 0 Å². The number of hydrogen-bond acceptors (Lipinski definition) is 3. The van der Waals surface area contributed by atoms with E-state index >= 15 is 0 Å². The number of hydrogen-bond donors (Lipinski definition) is 3. The van der Waals surface area contributed by atoms with Crippen LogP contribution in [0.2, 0.25) is 5.02 Å². The first kappa shape index (κ1) is 15.8. The largest absolute Gasteiger partial charge is 0.387 e. The minimum Gasteiger partial charge on any atom is -0.387 e. The van der Waals surface area contributed by atoms with Crippen molar-refractivity contribution in [3.05, 3.63) is 34.9 Å². The Hall–Kier alpha value is -1.30. The molecule has 0 aromatic heterocycles. The number of aliphatic hydroxyl groups is 1. The van der Waals surface area contributed by atoms with Crippen molar-refractivity contribution in [3.63, 3.8) is 0 Å². The highest BCUT2D eigenvalue weighted by Crippen LogP contribution is 2.21. The predicted molar refractivity (Wildman–Crippen MR) is 74.3 cm³/mol. The zero-order chi connectivity index (χ0) is 14.1. The van der Waals surface area contributed by atoms with E-state index in [1.165, 1.54) is 0 Å². The normalized spacial score (nSPS) is 11.9. The molecule has 0 aliphatic heterocycles. The van der Waals surface area contributed by atoms with Crippen LogP contribution >= 0.6 is 11.6 Å². The Morgan fingerprint density at radius 1 is 1.42 bits per heavy atom. The van der Waals surface area contributed by atoms with Crippen molar-refractivity contribution in [3.8, 4) is 0 Å². The lowest BCUT2D eigenvalue weighted by Gasteiger charge is -2.14. The number of halogens is 1. The molecule has 6 heteroatoms. The summed E-state index contributed by atoms with van der Waals surface area (Å²) in [7, 11) is 1.61. The maximum atomic E-state index is 11.4. The molecule has 0 spiro atoms. The van der Waals surface area contributed by atoms with Gasteiger partial charge in [0.05, 0.1) is 6.10 Å². The Morgan fingerprint density at radius 3 is 2.84 bits per heavy atom. The van der Waals surface area contributed by atoms with E-state index in [0.717, 1.165) is 6.42 Å². The second-order valence-electron chi connectivity index (χ2n) is 4.02. The van der Waals surface area contributed by atoms with Gasteiger partial charge < -0.3 is 20.5 Å². The molecule has 19 heavy (non-hydrogen) atoms. The third-order valence-corrected chi connectivity index (χ3v) is 2.88. The highest BCUT2D eigenvalue weighted by Gasteiger charge is 2.11. The number of amides is 2. The minimum absolute atomic E-state index is 0.111. The van der Waals surface area contributed by atoms with E-state index in [-0.39, 0.29) is 12.6 Å². The van der Waals surface area contributed by atoms with Gasteiger partial charge in [-0.05, 0) is 12.5 Å². The monoisotopic (exact) mass is 286 g/mol. The first-order chi connectivity index (χ1) is 9.15. The van der Waals surface area contributed by atoms with Crippen LogP contribution in [0.25, 0.3) is 0 Å². The van der Waals surface area contributed by atoms with Crippen LogP contribution in [0.1, 0.15) is 18.1 Å². The Balaban J connectivity index is 2.28. The van der Waals surface area contributed by atoms with Gasteiger partial charge in [0.15, 0.2) is 0 Å². The second kappa shape index (κ2) is 8.74. The zero-order valence-electron chi connectivity index (χ0n) is 10.9. The van der Waals surface area contributed by atoms with Crippen molar-refractivity contribution in [1.29, 1.82) is 0 Å². The molecule has 0 saturated heterocycles. The molecule has 0 bridgehead atoms. The number of carbonyl (C=O) groups excluding carboxylic acids is 1. The first-order valence-electron chi connectivity index (χ1n) is 6.08. The van der Waals surface area contributed by atoms with E-state index in [0.29, 0.717) is 23.7 Å². The summed E-state index contributed by atoms with van der Waals surface area (Å²) in [6.07, 6.45) is -0.0739. The van der Waals surface area contributed by atoms with Crippen LogP contribution in [-0.4, -0.2) is 37.9 Å². The van der Waals surface area contributed by atoms with E-state index in [1.54, 1.807) is 31.4 Å². The summed E-state index contributed by atoms with van der Waals surface area (Å²) in [5.41, 5.74) is 0.601. The summed E-state index contributed by atoms with van der Waals surface area (Å²) >= 11 is 5.95. The summed E-state index contributed by atoms with van der Waals surface area (Å²) in [5.74, 6) is 0. The van der Waals surface area contributed by atoms with Gasteiger partial charge in [-0.25, -0.2) is 4.79 Å². The maximum absolute atomic E-state index is 11.4. The molecule has 0 fully saturated rings. The van der Waals surface area contributed by atoms with E-state index < -0.39 is 6.10 Å². The molecule has 1 unspecified atom stereocenters. The molecule has 0 aliphatic carbocycles. The highest BCUT2D eigenvalue weighted by molar-refractivity contribution is 6.31. The lowest BCUT2D eigenvalue weighted by atomic mass is 10.1. The Labute approximate surface area is 117 Å². The number of benzene rings is 1. The summed E-state index contributed by atoms with van der Waals surface area (Å²) in [6, 6.07) is 6.68. The van der Waals surface area contributed by atoms with Gasteiger partial charge >= 0.3 is 6.03 Å². The van der Waals surface area contributed by atoms with E-state index in [4.69, 9.17) is 16.3 Å². The van der Waals surface area contributed by atoms with Crippen LogP contribution in [0, 0.1) is 0 Å². The van der Waals surface area contributed by atoms with Crippen LogP contribution in [0.5, 0.6) is 0 Å². The molecule has 1 aromatic rings. The third kappa shape index (κ3) is 5.92. The predicted octanol–water partition coefficient (Wildman–Crippen LogP) is 1.71. The smallest absolute Gasteiger partial charge is 0.314 e. The average Bonchev–Trinajstić information content (AvgIpc) is 2.41. The summed E-state index contributed by atoms with van der Waals surface area (Å²) in [6.45, 7) is 1.24. The number of nitrogens with one attached hydrogen (secondary N) is 2. The van der Waals surface area contributed by atoms with Gasteiger partial charge in [-0.3, -0.25) is 0 Å². The van der Waals surface area contributed by atoms with Crippen molar-refractivity contribution in [1.82, 2.24) is 10.6 Å². The van der Waals surface area contributed by atoms with Gasteiger partial charge in [0.1, 0.15) is 0 Å². The van der Waals surface area contributed by atoms with Gasteiger partial charge in [-0.2, -0.15) is 0 Å². The van der Waals surface area contributed by atoms with E-state index in [2.05, 4.69) is 10.6 Å². The van der Waals surface area contributed by atoms with Crippen molar-refractivity contribution in [2.24, 2.45) is 0 Å². The summed E-state index contributed by atoms with van der Waals surface area (Å²) in [5, 5.41) is 15.6. The van der Waals surface area contributed by atoms with Gasteiger partial charge in [0, 0.05) is 37.4 Å². The van der Waals surface area contributed by atoms with Crippen molar-refractivity contribution >= 4 is 17.6 Å². The Morgan fingerprint density at radius 2 is 2.16 bits per heavy atom. The number of aliphatic hydroxyl groups excluding tert-OH is 1. The molecular formula is C13H19ClN2O3. The van der Waals surface area contributed by atoms with Crippen molar-refractivity contribution < 1.29 is 14.6 Å². The fraction of sp³-hybridized carbons (Fsp3) is 0.462. The van der Waals surface area contributed by atoms with Crippen LogP contribution < -0.4 is 10.6 Å². The summed E-state index contributed by atoms with van der Waals surface area (Å²) in [4.78, 5) is 11.4.